The van der Waals surface area contributed by atoms with Crippen LogP contribution in [0.5, 0.6) is 0 Å². The summed E-state index contributed by atoms with van der Waals surface area (Å²) < 4.78 is 0.805. The van der Waals surface area contributed by atoms with Crippen LogP contribution in [0, 0.1) is 11.3 Å². The Morgan fingerprint density at radius 1 is 1.56 bits per heavy atom. The summed E-state index contributed by atoms with van der Waals surface area (Å²) in [5.41, 5.74) is 6.73. The summed E-state index contributed by atoms with van der Waals surface area (Å²) >= 11 is 3.43. The van der Waals surface area contributed by atoms with Crippen LogP contribution in [0.2, 0.25) is 0 Å². The second kappa shape index (κ2) is 7.02. The second-order valence-corrected chi connectivity index (χ2v) is 4.87. The van der Waals surface area contributed by atoms with E-state index in [1.54, 1.807) is 12.1 Å². The summed E-state index contributed by atoms with van der Waals surface area (Å²) in [5.74, 6) is -0.359. The van der Waals surface area contributed by atoms with Crippen molar-refractivity contribution in [3.63, 3.8) is 0 Å². The van der Waals surface area contributed by atoms with Gasteiger partial charge in [-0.15, -0.1) is 0 Å². The maximum absolute atomic E-state index is 11.1. The first-order valence-electron chi connectivity index (χ1n) is 5.81. The van der Waals surface area contributed by atoms with E-state index in [0.717, 1.165) is 29.5 Å². The summed E-state index contributed by atoms with van der Waals surface area (Å²) in [6.45, 7) is 3.05. The van der Waals surface area contributed by atoms with Crippen molar-refractivity contribution < 1.29 is 4.79 Å². The summed E-state index contributed by atoms with van der Waals surface area (Å²) in [5, 5.41) is 8.82. The fraction of sp³-hybridized carbons (Fsp3) is 0.385. The Balaban J connectivity index is 2.97. The normalized spacial score (nSPS) is 9.83. The predicted octanol–water partition coefficient (Wildman–Crippen LogP) is 2.41. The Bertz CT molecular complexity index is 468. The summed E-state index contributed by atoms with van der Waals surface area (Å²) in [6, 6.07) is 7.39. The quantitative estimate of drug-likeness (QED) is 0.877. The van der Waals surface area contributed by atoms with Gasteiger partial charge >= 0.3 is 0 Å². The van der Waals surface area contributed by atoms with Crippen molar-refractivity contribution in [2.24, 2.45) is 5.73 Å². The highest BCUT2D eigenvalue weighted by Gasteiger charge is 2.12. The van der Waals surface area contributed by atoms with E-state index in [1.165, 1.54) is 0 Å². The minimum atomic E-state index is -0.359. The van der Waals surface area contributed by atoms with Crippen LogP contribution < -0.4 is 10.6 Å². The van der Waals surface area contributed by atoms with Crippen molar-refractivity contribution in [3.8, 4) is 6.07 Å². The van der Waals surface area contributed by atoms with Gasteiger partial charge in [0.1, 0.15) is 0 Å². The predicted molar refractivity (Wildman–Crippen MR) is 75.2 cm³/mol. The van der Waals surface area contributed by atoms with E-state index in [0.29, 0.717) is 5.56 Å². The van der Waals surface area contributed by atoms with Gasteiger partial charge in [-0.3, -0.25) is 4.79 Å². The molecule has 2 N–H and O–H groups in total. The molecule has 1 aromatic carbocycles. The molecule has 0 radical (unpaired) electrons. The van der Waals surface area contributed by atoms with Crippen molar-refractivity contribution in [3.05, 3.63) is 28.2 Å². The minimum Gasteiger partial charge on any atom is -0.368 e. The number of anilines is 1. The van der Waals surface area contributed by atoms with Crippen LogP contribution in [0.3, 0.4) is 0 Å². The molecule has 0 aliphatic carbocycles. The van der Waals surface area contributed by atoms with E-state index >= 15 is 0 Å². The molecule has 1 amide bonds. The first kappa shape index (κ1) is 14.5. The van der Waals surface area contributed by atoms with Gasteiger partial charge < -0.3 is 10.6 Å². The van der Waals surface area contributed by atoms with Crippen LogP contribution in [0.4, 0.5) is 5.69 Å². The zero-order valence-electron chi connectivity index (χ0n) is 10.3. The van der Waals surface area contributed by atoms with Gasteiger partial charge in [0.15, 0.2) is 0 Å². The number of halogens is 1. The second-order valence-electron chi connectivity index (χ2n) is 4.02. The van der Waals surface area contributed by atoms with Gasteiger partial charge in [-0.25, -0.2) is 0 Å². The van der Waals surface area contributed by atoms with E-state index in [4.69, 9.17) is 11.0 Å². The van der Waals surface area contributed by atoms with E-state index in [-0.39, 0.29) is 12.5 Å². The highest BCUT2D eigenvalue weighted by Crippen LogP contribution is 2.27. The lowest BCUT2D eigenvalue weighted by Gasteiger charge is -2.24. The van der Waals surface area contributed by atoms with Crippen LogP contribution in [-0.4, -0.2) is 19.0 Å². The highest BCUT2D eigenvalue weighted by atomic mass is 79.9. The Kier molecular flexibility index (Phi) is 5.66. The Morgan fingerprint density at radius 2 is 2.28 bits per heavy atom. The number of amides is 1. The molecule has 0 aromatic heterocycles. The molecule has 1 rings (SSSR count). The third-order valence-electron chi connectivity index (χ3n) is 2.55. The maximum atomic E-state index is 11.1. The van der Waals surface area contributed by atoms with Gasteiger partial charge in [0, 0.05) is 11.0 Å². The summed E-state index contributed by atoms with van der Waals surface area (Å²) in [4.78, 5) is 13.0. The molecule has 0 fully saturated rings. The third-order valence-corrected chi connectivity index (χ3v) is 3.18. The SMILES string of the molecule is CCCCN(CC(N)=O)c1ccc(C#N)cc1Br. The van der Waals surface area contributed by atoms with Gasteiger partial charge in [-0.1, -0.05) is 13.3 Å². The average Bonchev–Trinajstić information content (AvgIpc) is 2.34. The highest BCUT2D eigenvalue weighted by molar-refractivity contribution is 9.10. The van der Waals surface area contributed by atoms with Gasteiger partial charge in [-0.2, -0.15) is 5.26 Å². The number of nitrogens with two attached hydrogens (primary N) is 1. The van der Waals surface area contributed by atoms with Crippen molar-refractivity contribution >= 4 is 27.5 Å². The Morgan fingerprint density at radius 3 is 2.78 bits per heavy atom. The van der Waals surface area contributed by atoms with Gasteiger partial charge in [0.05, 0.1) is 23.9 Å². The number of hydrogen-bond donors (Lipinski definition) is 1. The molecule has 0 saturated heterocycles. The van der Waals surface area contributed by atoms with E-state index in [9.17, 15) is 4.79 Å². The Labute approximate surface area is 116 Å². The standard InChI is InChI=1S/C13H16BrN3O/c1-2-3-6-17(9-13(16)18)12-5-4-10(8-15)7-11(12)14/h4-5,7H,2-3,6,9H2,1H3,(H2,16,18). The fourth-order valence-corrected chi connectivity index (χ4v) is 2.28. The molecule has 1 aromatic rings. The number of carbonyl (C=O) groups excluding carboxylic acids is 1. The van der Waals surface area contributed by atoms with E-state index in [1.807, 2.05) is 11.0 Å². The van der Waals surface area contributed by atoms with Crippen LogP contribution in [0.25, 0.3) is 0 Å². The van der Waals surface area contributed by atoms with Crippen molar-refractivity contribution in [1.29, 1.82) is 5.26 Å². The molecule has 0 aliphatic rings. The maximum Gasteiger partial charge on any atom is 0.236 e. The molecular weight excluding hydrogens is 294 g/mol. The molecule has 0 spiro atoms. The molecule has 0 bridgehead atoms. The van der Waals surface area contributed by atoms with Crippen molar-refractivity contribution in [2.75, 3.05) is 18.0 Å². The van der Waals surface area contributed by atoms with Gasteiger partial charge in [0.25, 0.3) is 0 Å². The fourth-order valence-electron chi connectivity index (χ4n) is 1.65. The molecule has 0 heterocycles. The van der Waals surface area contributed by atoms with Crippen molar-refractivity contribution in [2.45, 2.75) is 19.8 Å². The largest absolute Gasteiger partial charge is 0.368 e. The Hall–Kier alpha value is -1.54. The van der Waals surface area contributed by atoms with Crippen LogP contribution >= 0.6 is 15.9 Å². The molecule has 5 heteroatoms. The number of hydrogen-bond acceptors (Lipinski definition) is 3. The lowest BCUT2D eigenvalue weighted by molar-refractivity contribution is -0.116. The zero-order chi connectivity index (χ0) is 13.5. The molecular formula is C13H16BrN3O. The average molecular weight is 310 g/mol. The van der Waals surface area contributed by atoms with Crippen molar-refractivity contribution in [1.82, 2.24) is 0 Å². The lowest BCUT2D eigenvalue weighted by atomic mass is 10.2. The number of nitriles is 1. The summed E-state index contributed by atoms with van der Waals surface area (Å²) in [7, 11) is 0. The first-order valence-corrected chi connectivity index (χ1v) is 6.60. The molecule has 96 valence electrons. The zero-order valence-corrected chi connectivity index (χ0v) is 11.9. The van der Waals surface area contributed by atoms with Gasteiger partial charge in [0.2, 0.25) is 5.91 Å². The van der Waals surface area contributed by atoms with E-state index in [2.05, 4.69) is 28.9 Å². The molecule has 0 aliphatic heterocycles. The van der Waals surface area contributed by atoms with Crippen LogP contribution in [0.15, 0.2) is 22.7 Å². The molecule has 4 nitrogen and oxygen atoms in total. The summed E-state index contributed by atoms with van der Waals surface area (Å²) in [6.07, 6.45) is 2.03. The number of nitrogens with zero attached hydrogens (tertiary/aromatic N) is 2. The first-order chi connectivity index (χ1) is 8.58. The topological polar surface area (TPSA) is 70.1 Å². The number of primary amides is 1. The number of benzene rings is 1. The monoisotopic (exact) mass is 309 g/mol. The molecule has 0 unspecified atom stereocenters. The van der Waals surface area contributed by atoms with Crippen LogP contribution in [0.1, 0.15) is 25.3 Å². The molecule has 0 atom stereocenters. The number of rotatable bonds is 6. The van der Waals surface area contributed by atoms with E-state index < -0.39 is 0 Å². The minimum absolute atomic E-state index is 0.185. The van der Waals surface area contributed by atoms with Crippen LogP contribution in [-0.2, 0) is 4.79 Å². The third kappa shape index (κ3) is 4.04. The molecule has 18 heavy (non-hydrogen) atoms. The smallest absolute Gasteiger partial charge is 0.236 e. The lowest BCUT2D eigenvalue weighted by Crippen LogP contribution is -2.34. The number of unbranched alkanes of at least 4 members (excludes halogenated alkanes) is 1. The molecule has 0 saturated carbocycles. The van der Waals surface area contributed by atoms with Gasteiger partial charge in [-0.05, 0) is 40.5 Å². The number of carbonyl (C=O) groups is 1.